The van der Waals surface area contributed by atoms with Gasteiger partial charge < -0.3 is 0 Å². The predicted octanol–water partition coefficient (Wildman–Crippen LogP) is 4.20. The molecule has 1 atom stereocenters. The molecule has 2 rings (SSSR count). The molecular formula is C15H23BrN2S. The lowest BCUT2D eigenvalue weighted by Gasteiger charge is -2.32. The number of hydrazine groups is 1. The van der Waals surface area contributed by atoms with Gasteiger partial charge in [0.1, 0.15) is 0 Å². The van der Waals surface area contributed by atoms with Crippen LogP contribution in [-0.4, -0.2) is 11.8 Å². The van der Waals surface area contributed by atoms with E-state index < -0.39 is 0 Å². The maximum atomic E-state index is 5.77. The van der Waals surface area contributed by atoms with E-state index in [4.69, 9.17) is 5.84 Å². The molecule has 0 aromatic heterocycles. The number of rotatable bonds is 5. The second-order valence-corrected chi connectivity index (χ2v) is 7.45. The predicted molar refractivity (Wildman–Crippen MR) is 87.1 cm³/mol. The zero-order valence-electron chi connectivity index (χ0n) is 11.4. The molecule has 4 heteroatoms. The van der Waals surface area contributed by atoms with Gasteiger partial charge >= 0.3 is 0 Å². The normalized spacial score (nSPS) is 25.2. The molecule has 0 heterocycles. The highest BCUT2D eigenvalue weighted by Gasteiger charge is 2.25. The number of hydrogen-bond acceptors (Lipinski definition) is 3. The third-order valence-corrected chi connectivity index (χ3v) is 6.25. The molecule has 106 valence electrons. The molecule has 1 fully saturated rings. The molecule has 0 spiro atoms. The van der Waals surface area contributed by atoms with Crippen LogP contribution in [0.5, 0.6) is 0 Å². The van der Waals surface area contributed by atoms with Crippen molar-refractivity contribution >= 4 is 27.7 Å². The van der Waals surface area contributed by atoms with Gasteiger partial charge in [0.05, 0.1) is 0 Å². The third kappa shape index (κ3) is 4.48. The summed E-state index contributed by atoms with van der Waals surface area (Å²) in [5.41, 5.74) is 3.04. The Balaban J connectivity index is 1.87. The first-order chi connectivity index (χ1) is 9.20. The molecule has 0 amide bonds. The van der Waals surface area contributed by atoms with Crippen molar-refractivity contribution in [2.75, 3.05) is 5.75 Å². The summed E-state index contributed by atoms with van der Waals surface area (Å²) in [6, 6.07) is 8.81. The largest absolute Gasteiger partial charge is 0.271 e. The van der Waals surface area contributed by atoms with Gasteiger partial charge in [-0.3, -0.25) is 11.3 Å². The fourth-order valence-electron chi connectivity index (χ4n) is 2.75. The Hall–Kier alpha value is -0.0300. The standard InChI is InChI=1S/C15H23BrN2S/c1-11-6-8-12(9-7-11)14(18-17)10-19-15-5-3-2-4-13(15)16/h2-5,11-12,14,18H,6-10,17H2,1H3. The molecule has 1 aromatic carbocycles. The summed E-state index contributed by atoms with van der Waals surface area (Å²) in [7, 11) is 0. The van der Waals surface area contributed by atoms with Crippen molar-refractivity contribution in [2.24, 2.45) is 17.7 Å². The minimum Gasteiger partial charge on any atom is -0.271 e. The van der Waals surface area contributed by atoms with E-state index in [-0.39, 0.29) is 0 Å². The number of hydrogen-bond donors (Lipinski definition) is 2. The molecule has 2 nitrogen and oxygen atoms in total. The highest BCUT2D eigenvalue weighted by Crippen LogP contribution is 2.33. The van der Waals surface area contributed by atoms with E-state index in [9.17, 15) is 0 Å². The van der Waals surface area contributed by atoms with E-state index in [1.54, 1.807) is 0 Å². The Kier molecular flexibility index (Phi) is 6.20. The van der Waals surface area contributed by atoms with Gasteiger partial charge in [-0.25, -0.2) is 0 Å². The van der Waals surface area contributed by atoms with Crippen molar-refractivity contribution in [1.82, 2.24) is 5.43 Å². The Morgan fingerprint density at radius 1 is 1.32 bits per heavy atom. The van der Waals surface area contributed by atoms with Crippen molar-refractivity contribution in [3.63, 3.8) is 0 Å². The minimum absolute atomic E-state index is 0.421. The van der Waals surface area contributed by atoms with Gasteiger partial charge in [0, 0.05) is 21.2 Å². The molecule has 1 unspecified atom stereocenters. The fourth-order valence-corrected chi connectivity index (χ4v) is 4.49. The highest BCUT2D eigenvalue weighted by molar-refractivity contribution is 9.10. The molecule has 0 saturated heterocycles. The van der Waals surface area contributed by atoms with Gasteiger partial charge in [-0.2, -0.15) is 0 Å². The first kappa shape index (κ1) is 15.4. The SMILES string of the molecule is CC1CCC(C(CSc2ccccc2Br)NN)CC1. The van der Waals surface area contributed by atoms with Crippen LogP contribution in [0, 0.1) is 11.8 Å². The zero-order valence-corrected chi connectivity index (χ0v) is 13.8. The lowest BCUT2D eigenvalue weighted by Crippen LogP contribution is -2.43. The summed E-state index contributed by atoms with van der Waals surface area (Å²) in [5, 5.41) is 0. The molecule has 0 bridgehead atoms. The fraction of sp³-hybridized carbons (Fsp3) is 0.600. The Labute approximate surface area is 129 Å². The van der Waals surface area contributed by atoms with Crippen LogP contribution in [0.25, 0.3) is 0 Å². The smallest absolute Gasteiger partial charge is 0.0332 e. The van der Waals surface area contributed by atoms with Gasteiger partial charge in [0.2, 0.25) is 0 Å². The van der Waals surface area contributed by atoms with E-state index in [1.165, 1.54) is 35.1 Å². The number of halogens is 1. The van der Waals surface area contributed by atoms with Crippen LogP contribution in [0.3, 0.4) is 0 Å². The first-order valence-electron chi connectivity index (χ1n) is 7.04. The number of nitrogens with two attached hydrogens (primary N) is 1. The monoisotopic (exact) mass is 342 g/mol. The third-order valence-electron chi connectivity index (χ3n) is 4.10. The lowest BCUT2D eigenvalue weighted by molar-refractivity contribution is 0.243. The molecule has 0 aliphatic heterocycles. The van der Waals surface area contributed by atoms with Crippen LogP contribution < -0.4 is 11.3 Å². The van der Waals surface area contributed by atoms with Crippen LogP contribution in [0.2, 0.25) is 0 Å². The molecule has 1 aliphatic rings. The van der Waals surface area contributed by atoms with Gasteiger partial charge in [-0.05, 0) is 52.7 Å². The van der Waals surface area contributed by atoms with E-state index in [0.29, 0.717) is 6.04 Å². The molecule has 3 N–H and O–H groups in total. The van der Waals surface area contributed by atoms with Gasteiger partial charge in [-0.1, -0.05) is 31.9 Å². The van der Waals surface area contributed by atoms with Crippen LogP contribution in [0.4, 0.5) is 0 Å². The molecular weight excluding hydrogens is 320 g/mol. The topological polar surface area (TPSA) is 38.0 Å². The Morgan fingerprint density at radius 2 is 2.00 bits per heavy atom. The summed E-state index contributed by atoms with van der Waals surface area (Å²) in [6.45, 7) is 2.36. The molecule has 1 aromatic rings. The summed E-state index contributed by atoms with van der Waals surface area (Å²) in [6.07, 6.45) is 5.32. The Bertz CT molecular complexity index is 391. The van der Waals surface area contributed by atoms with Crippen LogP contribution >= 0.6 is 27.7 Å². The maximum absolute atomic E-state index is 5.77. The average molecular weight is 343 g/mol. The molecule has 1 aliphatic carbocycles. The second kappa shape index (κ2) is 7.67. The molecule has 1 saturated carbocycles. The van der Waals surface area contributed by atoms with Gasteiger partial charge in [-0.15, -0.1) is 11.8 Å². The summed E-state index contributed by atoms with van der Waals surface area (Å²) in [4.78, 5) is 1.30. The Morgan fingerprint density at radius 3 is 2.63 bits per heavy atom. The molecule has 19 heavy (non-hydrogen) atoms. The van der Waals surface area contributed by atoms with Crippen LogP contribution in [0.15, 0.2) is 33.6 Å². The summed E-state index contributed by atoms with van der Waals surface area (Å²) < 4.78 is 1.17. The average Bonchev–Trinajstić information content (AvgIpc) is 2.43. The van der Waals surface area contributed by atoms with Gasteiger partial charge in [0.15, 0.2) is 0 Å². The van der Waals surface area contributed by atoms with Crippen LogP contribution in [0.1, 0.15) is 32.6 Å². The highest BCUT2D eigenvalue weighted by atomic mass is 79.9. The van der Waals surface area contributed by atoms with Crippen molar-refractivity contribution in [3.8, 4) is 0 Å². The van der Waals surface area contributed by atoms with Crippen molar-refractivity contribution in [2.45, 2.75) is 43.5 Å². The van der Waals surface area contributed by atoms with E-state index >= 15 is 0 Å². The maximum Gasteiger partial charge on any atom is 0.0332 e. The van der Waals surface area contributed by atoms with Crippen LogP contribution in [-0.2, 0) is 0 Å². The zero-order chi connectivity index (χ0) is 13.7. The van der Waals surface area contributed by atoms with E-state index in [1.807, 2.05) is 11.8 Å². The number of nitrogens with one attached hydrogen (secondary N) is 1. The van der Waals surface area contributed by atoms with Crippen molar-refractivity contribution < 1.29 is 0 Å². The minimum atomic E-state index is 0.421. The molecule has 0 radical (unpaired) electrons. The van der Waals surface area contributed by atoms with Crippen molar-refractivity contribution in [3.05, 3.63) is 28.7 Å². The number of benzene rings is 1. The second-order valence-electron chi connectivity index (χ2n) is 5.53. The van der Waals surface area contributed by atoms with E-state index in [0.717, 1.165) is 17.6 Å². The summed E-state index contributed by atoms with van der Waals surface area (Å²) >= 11 is 5.48. The summed E-state index contributed by atoms with van der Waals surface area (Å²) in [5.74, 6) is 8.43. The van der Waals surface area contributed by atoms with E-state index in [2.05, 4.69) is 52.5 Å². The number of thioether (sulfide) groups is 1. The van der Waals surface area contributed by atoms with Crippen molar-refractivity contribution in [1.29, 1.82) is 0 Å². The lowest BCUT2D eigenvalue weighted by atomic mass is 9.80. The first-order valence-corrected chi connectivity index (χ1v) is 8.82. The van der Waals surface area contributed by atoms with Gasteiger partial charge in [0.25, 0.3) is 0 Å². The quantitative estimate of drug-likeness (QED) is 0.478.